The quantitative estimate of drug-likeness (QED) is 0.178. The maximum absolute atomic E-state index is 12.2. The Morgan fingerprint density at radius 2 is 1.67 bits per heavy atom. The van der Waals surface area contributed by atoms with Crippen molar-refractivity contribution < 1.29 is 14.3 Å². The second-order valence-electron chi connectivity index (χ2n) is 6.30. The molecule has 0 aromatic heterocycles. The minimum absolute atomic E-state index is 0.292. The Kier molecular flexibility index (Phi) is 7.65. The molecule has 5 nitrogen and oxygen atoms in total. The Morgan fingerprint density at radius 1 is 1.00 bits per heavy atom. The number of ether oxygens (including phenoxy) is 1. The number of hydrazone groups is 1. The predicted octanol–water partition coefficient (Wildman–Crippen LogP) is 5.32. The van der Waals surface area contributed by atoms with Crippen molar-refractivity contribution >= 4 is 41.5 Å². The minimum atomic E-state index is -0.377. The number of amides is 1. The molecule has 1 N–H and O–H groups in total. The number of nitrogens with one attached hydrogen (secondary N) is 1. The highest BCUT2D eigenvalue weighted by Gasteiger charge is 2.05. The summed E-state index contributed by atoms with van der Waals surface area (Å²) in [5.74, 6) is 0.585. The molecule has 0 aliphatic heterocycles. The highest BCUT2D eigenvalue weighted by atomic mass is 35.5. The van der Waals surface area contributed by atoms with Gasteiger partial charge in [0, 0.05) is 28.2 Å². The molecule has 0 saturated heterocycles. The van der Waals surface area contributed by atoms with Crippen molar-refractivity contribution in [2.24, 2.45) is 5.10 Å². The molecule has 0 heterocycles. The van der Waals surface area contributed by atoms with E-state index >= 15 is 0 Å². The number of hydrogen-bond donors (Lipinski definition) is 1. The maximum atomic E-state index is 12.2. The lowest BCUT2D eigenvalue weighted by Crippen LogP contribution is -2.17. The first-order valence-electron chi connectivity index (χ1n) is 9.09. The highest BCUT2D eigenvalue weighted by molar-refractivity contribution is 7.98. The summed E-state index contributed by atoms with van der Waals surface area (Å²) in [7, 11) is 0. The van der Waals surface area contributed by atoms with E-state index in [2.05, 4.69) is 10.5 Å². The zero-order chi connectivity index (χ0) is 21.3. The van der Waals surface area contributed by atoms with Gasteiger partial charge < -0.3 is 4.74 Å². The summed E-state index contributed by atoms with van der Waals surface area (Å²) < 4.78 is 4.97. The van der Waals surface area contributed by atoms with Gasteiger partial charge in [0.25, 0.3) is 5.91 Å². The molecular weight excluding hydrogens is 420 g/mol. The van der Waals surface area contributed by atoms with E-state index in [1.165, 1.54) is 13.1 Å². The van der Waals surface area contributed by atoms with Gasteiger partial charge in [-0.2, -0.15) is 5.10 Å². The number of esters is 1. The van der Waals surface area contributed by atoms with E-state index in [0.717, 1.165) is 26.8 Å². The minimum Gasteiger partial charge on any atom is -0.427 e. The van der Waals surface area contributed by atoms with Crippen LogP contribution in [-0.4, -0.2) is 18.1 Å². The van der Waals surface area contributed by atoms with Crippen LogP contribution in [0.2, 0.25) is 5.02 Å². The SMILES string of the molecule is CC(=O)Oc1ccc(/C=N\NC(=O)c2ccc(CSc3ccc(Cl)cc3)cc2)cc1. The summed E-state index contributed by atoms with van der Waals surface area (Å²) in [6, 6.07) is 21.9. The van der Waals surface area contributed by atoms with Gasteiger partial charge in [-0.3, -0.25) is 9.59 Å². The number of thioether (sulfide) groups is 1. The highest BCUT2D eigenvalue weighted by Crippen LogP contribution is 2.24. The van der Waals surface area contributed by atoms with E-state index in [0.29, 0.717) is 11.3 Å². The van der Waals surface area contributed by atoms with Crippen molar-refractivity contribution in [3.05, 3.63) is 94.5 Å². The molecule has 7 heteroatoms. The third kappa shape index (κ3) is 6.76. The Bertz CT molecular complexity index is 1030. The first kappa shape index (κ1) is 21.6. The van der Waals surface area contributed by atoms with Gasteiger partial charge >= 0.3 is 5.97 Å². The zero-order valence-corrected chi connectivity index (χ0v) is 17.7. The lowest BCUT2D eigenvalue weighted by atomic mass is 10.1. The average molecular weight is 439 g/mol. The van der Waals surface area contributed by atoms with Crippen LogP contribution in [0.15, 0.2) is 82.8 Å². The van der Waals surface area contributed by atoms with Crippen molar-refractivity contribution in [2.45, 2.75) is 17.6 Å². The Morgan fingerprint density at radius 3 is 2.30 bits per heavy atom. The number of nitrogens with zero attached hydrogens (tertiary/aromatic N) is 1. The van der Waals surface area contributed by atoms with Crippen LogP contribution in [0.4, 0.5) is 0 Å². The van der Waals surface area contributed by atoms with Crippen molar-refractivity contribution in [2.75, 3.05) is 0 Å². The Balaban J connectivity index is 1.49. The van der Waals surface area contributed by atoms with Crippen molar-refractivity contribution in [3.63, 3.8) is 0 Å². The molecule has 0 fully saturated rings. The van der Waals surface area contributed by atoms with Crippen molar-refractivity contribution in [3.8, 4) is 5.75 Å². The third-order valence-corrected chi connectivity index (χ3v) is 5.29. The summed E-state index contributed by atoms with van der Waals surface area (Å²) in [6.07, 6.45) is 1.52. The molecule has 3 aromatic carbocycles. The first-order valence-corrected chi connectivity index (χ1v) is 10.4. The monoisotopic (exact) mass is 438 g/mol. The molecule has 0 unspecified atom stereocenters. The summed E-state index contributed by atoms with van der Waals surface area (Å²) >= 11 is 7.60. The number of carbonyl (C=O) groups is 2. The van der Waals surface area contributed by atoms with Gasteiger partial charge in [0.1, 0.15) is 5.75 Å². The van der Waals surface area contributed by atoms with Crippen molar-refractivity contribution in [1.82, 2.24) is 5.43 Å². The van der Waals surface area contributed by atoms with E-state index in [1.54, 1.807) is 48.2 Å². The standard InChI is InChI=1S/C23H19ClN2O3S/c1-16(27)29-21-10-4-17(5-11-21)14-25-26-23(28)19-6-2-18(3-7-19)15-30-22-12-8-20(24)9-13-22/h2-14H,15H2,1H3,(H,26,28)/b25-14-. The van der Waals surface area contributed by atoms with E-state index in [4.69, 9.17) is 16.3 Å². The van der Waals surface area contributed by atoms with E-state index in [9.17, 15) is 9.59 Å². The molecule has 1 amide bonds. The molecule has 0 radical (unpaired) electrons. The molecule has 0 spiro atoms. The summed E-state index contributed by atoms with van der Waals surface area (Å²) in [5.41, 5.74) is 4.91. The van der Waals surface area contributed by atoms with E-state index < -0.39 is 0 Å². The fourth-order valence-corrected chi connectivity index (χ4v) is 3.45. The van der Waals surface area contributed by atoms with Gasteiger partial charge in [-0.1, -0.05) is 23.7 Å². The van der Waals surface area contributed by atoms with Crippen LogP contribution >= 0.6 is 23.4 Å². The predicted molar refractivity (Wildman–Crippen MR) is 120 cm³/mol. The van der Waals surface area contributed by atoms with Gasteiger partial charge in [-0.25, -0.2) is 5.43 Å². The van der Waals surface area contributed by atoms with Gasteiger partial charge in [0.05, 0.1) is 6.21 Å². The van der Waals surface area contributed by atoms with Gasteiger partial charge in [0.2, 0.25) is 0 Å². The topological polar surface area (TPSA) is 67.8 Å². The molecule has 0 saturated carbocycles. The fraction of sp³-hybridized carbons (Fsp3) is 0.0870. The number of halogens is 1. The second kappa shape index (κ2) is 10.6. The zero-order valence-electron chi connectivity index (χ0n) is 16.2. The fourth-order valence-electron chi connectivity index (χ4n) is 2.47. The average Bonchev–Trinajstić information content (AvgIpc) is 2.74. The Hall–Kier alpha value is -3.09. The van der Waals surface area contributed by atoms with Crippen LogP contribution < -0.4 is 10.2 Å². The summed E-state index contributed by atoms with van der Waals surface area (Å²) in [4.78, 5) is 24.3. The van der Waals surface area contributed by atoms with Gasteiger partial charge in [-0.15, -0.1) is 11.8 Å². The maximum Gasteiger partial charge on any atom is 0.308 e. The van der Waals surface area contributed by atoms with Crippen molar-refractivity contribution in [1.29, 1.82) is 0 Å². The van der Waals surface area contributed by atoms with Crippen LogP contribution in [-0.2, 0) is 10.5 Å². The lowest BCUT2D eigenvalue weighted by molar-refractivity contribution is -0.131. The number of benzene rings is 3. The molecule has 30 heavy (non-hydrogen) atoms. The van der Waals surface area contributed by atoms with Crippen LogP contribution in [0, 0.1) is 0 Å². The molecular formula is C23H19ClN2O3S. The van der Waals surface area contributed by atoms with Gasteiger partial charge in [-0.05, 0) is 71.8 Å². The van der Waals surface area contributed by atoms with E-state index in [-0.39, 0.29) is 11.9 Å². The molecule has 0 aliphatic rings. The third-order valence-electron chi connectivity index (χ3n) is 3.96. The summed E-state index contributed by atoms with van der Waals surface area (Å²) in [5, 5.41) is 4.69. The normalized spacial score (nSPS) is 10.7. The molecule has 0 atom stereocenters. The smallest absolute Gasteiger partial charge is 0.308 e. The molecule has 3 rings (SSSR count). The number of hydrogen-bond acceptors (Lipinski definition) is 5. The molecule has 0 bridgehead atoms. The second-order valence-corrected chi connectivity index (χ2v) is 7.79. The van der Waals surface area contributed by atoms with Gasteiger partial charge in [0.15, 0.2) is 0 Å². The molecule has 3 aromatic rings. The largest absolute Gasteiger partial charge is 0.427 e. The van der Waals surface area contributed by atoms with Crippen LogP contribution in [0.3, 0.4) is 0 Å². The lowest BCUT2D eigenvalue weighted by Gasteiger charge is -2.04. The number of rotatable bonds is 7. The number of carbonyl (C=O) groups excluding carboxylic acids is 2. The van der Waals surface area contributed by atoms with E-state index in [1.807, 2.05) is 36.4 Å². The Labute approximate surface area is 184 Å². The molecule has 152 valence electrons. The van der Waals surface area contributed by atoms with Crippen LogP contribution in [0.5, 0.6) is 5.75 Å². The first-order chi connectivity index (χ1) is 14.5. The van der Waals surface area contributed by atoms with Crippen LogP contribution in [0.1, 0.15) is 28.4 Å². The van der Waals surface area contributed by atoms with Crippen LogP contribution in [0.25, 0.3) is 0 Å². The molecule has 0 aliphatic carbocycles. The summed E-state index contributed by atoms with van der Waals surface area (Å²) in [6.45, 7) is 1.34.